The summed E-state index contributed by atoms with van der Waals surface area (Å²) in [6.45, 7) is -0.822. The summed E-state index contributed by atoms with van der Waals surface area (Å²) in [5.41, 5.74) is -3.36. The summed E-state index contributed by atoms with van der Waals surface area (Å²) in [6, 6.07) is 5.10. The number of pyridine rings is 1. The molecule has 32 heavy (non-hydrogen) atoms. The predicted molar refractivity (Wildman–Crippen MR) is 94.1 cm³/mol. The van der Waals surface area contributed by atoms with Crippen LogP contribution >= 0.6 is 0 Å². The van der Waals surface area contributed by atoms with E-state index in [0.29, 0.717) is 12.1 Å². The van der Waals surface area contributed by atoms with Crippen molar-refractivity contribution < 1.29 is 56.2 Å². The van der Waals surface area contributed by atoms with E-state index < -0.39 is 66.7 Å². The van der Waals surface area contributed by atoms with Crippen LogP contribution in [0, 0.1) is 0 Å². The van der Waals surface area contributed by atoms with Crippen molar-refractivity contribution in [2.75, 3.05) is 6.61 Å². The number of aliphatic hydroxyl groups is 4. The summed E-state index contributed by atoms with van der Waals surface area (Å²) in [6.07, 6.45) is -18.7. The van der Waals surface area contributed by atoms with Crippen LogP contribution < -0.4 is 4.74 Å². The molecular weight excluding hydrogens is 452 g/mol. The molecule has 3 rings (SSSR count). The second kappa shape index (κ2) is 8.83. The van der Waals surface area contributed by atoms with Gasteiger partial charge in [0.25, 0.3) is 0 Å². The lowest BCUT2D eigenvalue weighted by molar-refractivity contribution is -0.278. The molecule has 5 atom stereocenters. The smallest absolute Gasteiger partial charge is 0.433 e. The maximum Gasteiger partial charge on any atom is 0.433 e. The number of hydrogen-bond acceptors (Lipinski definition) is 7. The Balaban J connectivity index is 1.97. The normalized spacial score (nSPS) is 26.8. The van der Waals surface area contributed by atoms with E-state index in [1.54, 1.807) is 0 Å². The van der Waals surface area contributed by atoms with Gasteiger partial charge in [0, 0.05) is 5.56 Å². The van der Waals surface area contributed by atoms with Crippen molar-refractivity contribution in [2.45, 2.75) is 43.1 Å². The molecule has 0 bridgehead atoms. The number of nitrogens with zero attached hydrogens (tertiary/aromatic N) is 1. The standard InChI is InChI=1S/C19H17F6NO6/c20-18(21,22)9-6-8(10-2-1-3-13(26-10)19(23,24)25)4-5-11(9)31-17-16(30)15(29)14(28)12(7-27)32-17/h1-6,12,14-17,27-30H,7H2/t12-,14-,15+,16+,17+/m1/s1. The lowest BCUT2D eigenvalue weighted by Crippen LogP contribution is -2.60. The zero-order valence-corrected chi connectivity index (χ0v) is 15.9. The van der Waals surface area contributed by atoms with Crippen LogP contribution in [-0.4, -0.2) is 62.7 Å². The van der Waals surface area contributed by atoms with Gasteiger partial charge in [-0.15, -0.1) is 0 Å². The van der Waals surface area contributed by atoms with Crippen LogP contribution in [-0.2, 0) is 17.1 Å². The number of benzene rings is 1. The van der Waals surface area contributed by atoms with Crippen molar-refractivity contribution in [1.82, 2.24) is 4.98 Å². The molecular formula is C19H17F6NO6. The van der Waals surface area contributed by atoms with E-state index in [-0.39, 0.29) is 11.3 Å². The van der Waals surface area contributed by atoms with E-state index in [1.807, 2.05) is 0 Å². The molecule has 1 aliphatic heterocycles. The van der Waals surface area contributed by atoms with E-state index in [9.17, 15) is 46.8 Å². The molecule has 1 aromatic heterocycles. The fourth-order valence-corrected chi connectivity index (χ4v) is 3.06. The molecule has 4 N–H and O–H groups in total. The van der Waals surface area contributed by atoms with E-state index in [0.717, 1.165) is 24.3 Å². The maximum absolute atomic E-state index is 13.6. The first kappa shape index (κ1) is 24.2. The largest absolute Gasteiger partial charge is 0.461 e. The van der Waals surface area contributed by atoms with E-state index >= 15 is 0 Å². The van der Waals surface area contributed by atoms with Gasteiger partial charge in [-0.2, -0.15) is 26.3 Å². The quantitative estimate of drug-likeness (QED) is 0.507. The average molecular weight is 469 g/mol. The monoisotopic (exact) mass is 469 g/mol. The average Bonchev–Trinajstić information content (AvgIpc) is 2.73. The lowest BCUT2D eigenvalue weighted by Gasteiger charge is -2.39. The Hall–Kier alpha value is -2.45. The van der Waals surface area contributed by atoms with Gasteiger partial charge in [0.15, 0.2) is 0 Å². The van der Waals surface area contributed by atoms with Gasteiger partial charge in [-0.05, 0) is 30.3 Å². The number of rotatable bonds is 4. The highest BCUT2D eigenvalue weighted by molar-refractivity contribution is 5.62. The highest BCUT2D eigenvalue weighted by atomic mass is 19.4. The van der Waals surface area contributed by atoms with Crippen molar-refractivity contribution in [1.29, 1.82) is 0 Å². The highest BCUT2D eigenvalue weighted by Gasteiger charge is 2.46. The summed E-state index contributed by atoms with van der Waals surface area (Å²) in [5.74, 6) is -0.863. The molecule has 1 aromatic carbocycles. The highest BCUT2D eigenvalue weighted by Crippen LogP contribution is 2.40. The maximum atomic E-state index is 13.6. The molecule has 1 aliphatic rings. The topological polar surface area (TPSA) is 112 Å². The third-order valence-corrected chi connectivity index (χ3v) is 4.71. The minimum absolute atomic E-state index is 0.287. The Morgan fingerprint density at radius 3 is 2.19 bits per heavy atom. The van der Waals surface area contributed by atoms with Crippen molar-refractivity contribution in [2.24, 2.45) is 0 Å². The summed E-state index contributed by atoms with van der Waals surface area (Å²) in [7, 11) is 0. The lowest BCUT2D eigenvalue weighted by atomic mass is 9.99. The van der Waals surface area contributed by atoms with Crippen molar-refractivity contribution in [3.63, 3.8) is 0 Å². The van der Waals surface area contributed by atoms with Crippen LogP contribution in [0.5, 0.6) is 5.75 Å². The number of hydrogen-bond donors (Lipinski definition) is 4. The van der Waals surface area contributed by atoms with Gasteiger partial charge in [0.05, 0.1) is 17.9 Å². The zero-order chi connectivity index (χ0) is 23.8. The molecule has 1 fully saturated rings. The third-order valence-electron chi connectivity index (χ3n) is 4.71. The molecule has 0 spiro atoms. The SMILES string of the molecule is OC[C@H]1O[C@H](Oc2ccc(-c3cccc(C(F)(F)F)n3)cc2C(F)(F)F)[C@@H](O)[C@@H](O)[C@@H]1O. The van der Waals surface area contributed by atoms with Crippen LogP contribution in [0.1, 0.15) is 11.3 Å². The zero-order valence-electron chi connectivity index (χ0n) is 15.9. The minimum atomic E-state index is -5.03. The van der Waals surface area contributed by atoms with Crippen LogP contribution in [0.25, 0.3) is 11.3 Å². The fourth-order valence-electron chi connectivity index (χ4n) is 3.06. The van der Waals surface area contributed by atoms with E-state index in [1.165, 1.54) is 0 Å². The van der Waals surface area contributed by atoms with Gasteiger partial charge in [0.2, 0.25) is 6.29 Å². The number of ether oxygens (including phenoxy) is 2. The molecule has 2 aromatic rings. The van der Waals surface area contributed by atoms with Crippen LogP contribution in [0.15, 0.2) is 36.4 Å². The van der Waals surface area contributed by atoms with Gasteiger partial charge >= 0.3 is 12.4 Å². The number of halogens is 6. The van der Waals surface area contributed by atoms with Crippen LogP contribution in [0.3, 0.4) is 0 Å². The fraction of sp³-hybridized carbons (Fsp3) is 0.421. The first-order valence-electron chi connectivity index (χ1n) is 9.06. The molecule has 0 unspecified atom stereocenters. The first-order chi connectivity index (χ1) is 14.8. The second-order valence-corrected chi connectivity index (χ2v) is 6.93. The van der Waals surface area contributed by atoms with Gasteiger partial charge < -0.3 is 29.9 Å². The first-order valence-corrected chi connectivity index (χ1v) is 9.06. The Bertz CT molecular complexity index is 951. The summed E-state index contributed by atoms with van der Waals surface area (Å²) >= 11 is 0. The Morgan fingerprint density at radius 2 is 1.59 bits per heavy atom. The van der Waals surface area contributed by atoms with Gasteiger partial charge in [-0.3, -0.25) is 0 Å². The van der Waals surface area contributed by atoms with Crippen LogP contribution in [0.2, 0.25) is 0 Å². The molecule has 0 aliphatic carbocycles. The molecule has 0 saturated carbocycles. The molecule has 0 amide bonds. The Labute approximate surface area is 176 Å². The summed E-state index contributed by atoms with van der Waals surface area (Å²) < 4.78 is 89.6. The van der Waals surface area contributed by atoms with Gasteiger partial charge in [-0.25, -0.2) is 4.98 Å². The van der Waals surface area contributed by atoms with Gasteiger partial charge in [0.1, 0.15) is 35.9 Å². The van der Waals surface area contributed by atoms with Crippen molar-refractivity contribution in [3.8, 4) is 17.0 Å². The Kier molecular flexibility index (Phi) is 6.67. The molecule has 176 valence electrons. The van der Waals surface area contributed by atoms with E-state index in [2.05, 4.69) is 4.98 Å². The molecule has 2 heterocycles. The number of aliphatic hydroxyl groups excluding tert-OH is 4. The summed E-state index contributed by atoms with van der Waals surface area (Å²) in [5, 5.41) is 38.7. The van der Waals surface area contributed by atoms with Gasteiger partial charge in [-0.1, -0.05) is 6.07 Å². The predicted octanol–water partition coefficient (Wildman–Crippen LogP) is 1.96. The molecule has 7 nitrogen and oxygen atoms in total. The summed E-state index contributed by atoms with van der Waals surface area (Å²) in [4.78, 5) is 3.35. The Morgan fingerprint density at radius 1 is 0.906 bits per heavy atom. The molecule has 0 radical (unpaired) electrons. The van der Waals surface area contributed by atoms with Crippen molar-refractivity contribution in [3.05, 3.63) is 47.7 Å². The van der Waals surface area contributed by atoms with Crippen LogP contribution in [0.4, 0.5) is 26.3 Å². The molecule has 1 saturated heterocycles. The van der Waals surface area contributed by atoms with Crippen molar-refractivity contribution >= 4 is 0 Å². The minimum Gasteiger partial charge on any atom is -0.461 e. The number of aromatic nitrogens is 1. The molecule has 13 heteroatoms. The van der Waals surface area contributed by atoms with E-state index in [4.69, 9.17) is 9.47 Å². The second-order valence-electron chi connectivity index (χ2n) is 6.93. The number of alkyl halides is 6. The third kappa shape index (κ3) is 4.96.